The molecule has 1 aliphatic heterocycles. The Balaban J connectivity index is 1.58. The molecule has 4 aromatic carbocycles. The third-order valence-electron chi connectivity index (χ3n) is 7.64. The fraction of sp³-hybridized carbons (Fsp3) is 0.118. The quantitative estimate of drug-likeness (QED) is 0.216. The van der Waals surface area contributed by atoms with Crippen LogP contribution in [0.5, 0.6) is 0 Å². The van der Waals surface area contributed by atoms with Gasteiger partial charge in [0, 0.05) is 10.4 Å². The number of hydrogen-bond acceptors (Lipinski definition) is 4. The molecule has 5 heteroatoms. The second-order valence-electron chi connectivity index (χ2n) is 10.8. The molecule has 0 fully saturated rings. The highest BCUT2D eigenvalue weighted by molar-refractivity contribution is 7.12. The third-order valence-corrected chi connectivity index (χ3v) is 11.1. The van der Waals surface area contributed by atoms with Crippen molar-refractivity contribution in [2.24, 2.45) is 0 Å². The molecule has 4 nitrogen and oxygen atoms in total. The number of oxazole rings is 2. The summed E-state index contributed by atoms with van der Waals surface area (Å²) < 4.78 is 13.1. The number of hydrogen-bond donors (Lipinski definition) is 0. The lowest BCUT2D eigenvalue weighted by Crippen LogP contribution is -2.28. The number of rotatable bonds is 4. The van der Waals surface area contributed by atoms with Gasteiger partial charge in [-0.3, -0.25) is 0 Å². The van der Waals surface area contributed by atoms with Crippen molar-refractivity contribution in [3.63, 3.8) is 0 Å². The molecule has 0 atom stereocenters. The number of benzene rings is 4. The molecule has 3 heterocycles. The van der Waals surface area contributed by atoms with Gasteiger partial charge in [0.05, 0.1) is 0 Å². The average molecular weight is 525 g/mol. The van der Waals surface area contributed by atoms with Gasteiger partial charge in [-0.2, -0.15) is 0 Å². The van der Waals surface area contributed by atoms with Crippen LogP contribution in [0.15, 0.2) is 106 Å². The molecule has 0 bridgehead atoms. The van der Waals surface area contributed by atoms with Crippen LogP contribution in [0.4, 0.5) is 0 Å². The Morgan fingerprint density at radius 2 is 0.949 bits per heavy atom. The molecular weight excluding hydrogens is 496 g/mol. The Morgan fingerprint density at radius 1 is 0.538 bits per heavy atom. The monoisotopic (exact) mass is 524 g/mol. The molecule has 0 N–H and O–H groups in total. The molecule has 1 aliphatic rings. The van der Waals surface area contributed by atoms with Gasteiger partial charge in [-0.05, 0) is 71.5 Å². The molecule has 6 aromatic rings. The molecular formula is C34H28N2O2Si. The van der Waals surface area contributed by atoms with Gasteiger partial charge in [0.15, 0.2) is 11.2 Å². The van der Waals surface area contributed by atoms with E-state index in [2.05, 4.69) is 112 Å². The van der Waals surface area contributed by atoms with Crippen molar-refractivity contribution in [1.82, 2.24) is 9.97 Å². The molecule has 0 amide bonds. The van der Waals surface area contributed by atoms with Crippen LogP contribution in [0, 0.1) is 13.8 Å². The van der Waals surface area contributed by atoms with E-state index >= 15 is 0 Å². The minimum atomic E-state index is -2.48. The Bertz CT molecular complexity index is 1800. The van der Waals surface area contributed by atoms with Crippen molar-refractivity contribution in [3.8, 4) is 0 Å². The minimum absolute atomic E-state index is 0.682. The van der Waals surface area contributed by atoms with E-state index in [0.717, 1.165) is 66.0 Å². The second kappa shape index (κ2) is 8.78. The van der Waals surface area contributed by atoms with Gasteiger partial charge in [-0.1, -0.05) is 85.9 Å². The standard InChI is InChI=1S/C34H28N2O2Si/c1-21-15-17-27-25(19-21)35-33(37-27)31-29(23-11-7-5-8-12-23)30(24-13-9-6-10-14-24)32(39(31,3)4)34-36-26-20-22(2)16-18-28(26)38-34/h5-20H,1-4H3. The zero-order valence-electron chi connectivity index (χ0n) is 22.4. The maximum absolute atomic E-state index is 6.53. The maximum Gasteiger partial charge on any atom is 0.220 e. The van der Waals surface area contributed by atoms with Crippen molar-refractivity contribution >= 4 is 51.8 Å². The lowest BCUT2D eigenvalue weighted by atomic mass is 9.91. The van der Waals surface area contributed by atoms with Gasteiger partial charge in [0.2, 0.25) is 11.8 Å². The molecule has 0 aliphatic carbocycles. The van der Waals surface area contributed by atoms with E-state index in [9.17, 15) is 0 Å². The van der Waals surface area contributed by atoms with Crippen LogP contribution in [-0.2, 0) is 0 Å². The molecule has 0 radical (unpaired) electrons. The molecule has 39 heavy (non-hydrogen) atoms. The summed E-state index contributed by atoms with van der Waals surface area (Å²) in [5.41, 5.74) is 10.2. The SMILES string of the molecule is Cc1ccc2oc(C3=C(c4ccccc4)C(c4ccccc4)=C(c4nc5cc(C)ccc5o4)[Si]3(C)C)nc2c1. The molecule has 2 aromatic heterocycles. The molecule has 7 rings (SSSR count). The Labute approximate surface area is 228 Å². The number of allylic oxidation sites excluding steroid dienone is 2. The predicted octanol–water partition coefficient (Wildman–Crippen LogP) is 8.91. The zero-order valence-corrected chi connectivity index (χ0v) is 23.4. The van der Waals surface area contributed by atoms with Gasteiger partial charge in [-0.15, -0.1) is 0 Å². The molecule has 0 saturated heterocycles. The molecule has 0 spiro atoms. The Kier molecular flexibility index (Phi) is 5.32. The largest absolute Gasteiger partial charge is 0.437 e. The van der Waals surface area contributed by atoms with Crippen molar-refractivity contribution in [2.75, 3.05) is 0 Å². The predicted molar refractivity (Wildman–Crippen MR) is 161 cm³/mol. The third kappa shape index (κ3) is 3.81. The average Bonchev–Trinajstić information content (AvgIpc) is 3.60. The van der Waals surface area contributed by atoms with Crippen LogP contribution in [-0.4, -0.2) is 18.0 Å². The number of fused-ring (bicyclic) bond motifs is 2. The van der Waals surface area contributed by atoms with E-state index in [1.807, 2.05) is 12.1 Å². The lowest BCUT2D eigenvalue weighted by Gasteiger charge is -2.21. The van der Waals surface area contributed by atoms with E-state index in [4.69, 9.17) is 18.8 Å². The minimum Gasteiger partial charge on any atom is -0.437 e. The lowest BCUT2D eigenvalue weighted by molar-refractivity contribution is 0.586. The smallest absolute Gasteiger partial charge is 0.220 e. The summed E-state index contributed by atoms with van der Waals surface area (Å²) in [6.07, 6.45) is 0. The number of aromatic nitrogens is 2. The topological polar surface area (TPSA) is 52.1 Å². The van der Waals surface area contributed by atoms with Crippen molar-refractivity contribution in [1.29, 1.82) is 0 Å². The van der Waals surface area contributed by atoms with Crippen LogP contribution in [0.3, 0.4) is 0 Å². The summed E-state index contributed by atoms with van der Waals surface area (Å²) in [4.78, 5) is 10.1. The van der Waals surface area contributed by atoms with E-state index in [1.165, 1.54) is 0 Å². The highest BCUT2D eigenvalue weighted by atomic mass is 28.3. The van der Waals surface area contributed by atoms with Gasteiger partial charge in [0.1, 0.15) is 19.1 Å². The summed E-state index contributed by atoms with van der Waals surface area (Å²) in [6.45, 7) is 8.88. The maximum atomic E-state index is 6.53. The Hall–Kier alpha value is -4.48. The van der Waals surface area contributed by atoms with Gasteiger partial charge in [0.25, 0.3) is 0 Å². The summed E-state index contributed by atoms with van der Waals surface area (Å²) in [6, 6.07) is 33.5. The first-order chi connectivity index (χ1) is 18.9. The summed E-state index contributed by atoms with van der Waals surface area (Å²) in [5.74, 6) is 1.36. The van der Waals surface area contributed by atoms with Crippen LogP contribution < -0.4 is 0 Å². The van der Waals surface area contributed by atoms with Gasteiger partial charge >= 0.3 is 0 Å². The van der Waals surface area contributed by atoms with E-state index < -0.39 is 8.07 Å². The molecule has 0 saturated carbocycles. The van der Waals surface area contributed by atoms with E-state index in [1.54, 1.807) is 0 Å². The highest BCUT2D eigenvalue weighted by Gasteiger charge is 2.47. The van der Waals surface area contributed by atoms with Crippen LogP contribution >= 0.6 is 0 Å². The van der Waals surface area contributed by atoms with Crippen molar-refractivity contribution in [2.45, 2.75) is 26.9 Å². The number of aryl methyl sites for hydroxylation is 2. The van der Waals surface area contributed by atoms with E-state index in [-0.39, 0.29) is 0 Å². The van der Waals surface area contributed by atoms with Crippen LogP contribution in [0.2, 0.25) is 13.1 Å². The summed E-state index contributed by atoms with van der Waals surface area (Å²) in [5, 5.41) is 2.32. The fourth-order valence-corrected chi connectivity index (χ4v) is 9.15. The first-order valence-electron chi connectivity index (χ1n) is 13.3. The van der Waals surface area contributed by atoms with Crippen molar-refractivity contribution in [3.05, 3.63) is 131 Å². The number of nitrogens with zero attached hydrogens (tertiary/aromatic N) is 2. The van der Waals surface area contributed by atoms with Crippen LogP contribution in [0.1, 0.15) is 34.0 Å². The zero-order chi connectivity index (χ0) is 26.7. The summed E-state index contributed by atoms with van der Waals surface area (Å²) in [7, 11) is -2.48. The van der Waals surface area contributed by atoms with Gasteiger partial charge < -0.3 is 8.83 Å². The Morgan fingerprint density at radius 3 is 1.36 bits per heavy atom. The normalized spacial score (nSPS) is 15.2. The summed E-state index contributed by atoms with van der Waals surface area (Å²) >= 11 is 0. The fourth-order valence-electron chi connectivity index (χ4n) is 5.82. The first-order valence-corrected chi connectivity index (χ1v) is 16.3. The second-order valence-corrected chi connectivity index (χ2v) is 15.1. The van der Waals surface area contributed by atoms with Crippen molar-refractivity contribution < 1.29 is 8.83 Å². The molecule has 190 valence electrons. The first kappa shape index (κ1) is 23.6. The van der Waals surface area contributed by atoms with Gasteiger partial charge in [-0.25, -0.2) is 9.97 Å². The van der Waals surface area contributed by atoms with Crippen LogP contribution in [0.25, 0.3) is 43.7 Å². The van der Waals surface area contributed by atoms with E-state index in [0.29, 0.717) is 11.8 Å². The highest BCUT2D eigenvalue weighted by Crippen LogP contribution is 2.55. The molecule has 0 unspecified atom stereocenters.